The van der Waals surface area contributed by atoms with Crippen molar-refractivity contribution in [2.24, 2.45) is 5.92 Å². The SMILES string of the molecule is CNC(C)c1ccc(N(C)CC(C)C#N)c(F)c1. The Bertz CT molecular complexity index is 439. The lowest BCUT2D eigenvalue weighted by Crippen LogP contribution is -2.24. The molecule has 18 heavy (non-hydrogen) atoms. The van der Waals surface area contributed by atoms with Crippen LogP contribution in [0.3, 0.4) is 0 Å². The summed E-state index contributed by atoms with van der Waals surface area (Å²) >= 11 is 0. The average Bonchev–Trinajstić information content (AvgIpc) is 2.37. The number of halogens is 1. The average molecular weight is 249 g/mol. The molecule has 0 aliphatic rings. The van der Waals surface area contributed by atoms with Gasteiger partial charge in [-0.1, -0.05) is 6.07 Å². The number of nitrogens with zero attached hydrogens (tertiary/aromatic N) is 2. The van der Waals surface area contributed by atoms with Crippen molar-refractivity contribution in [3.05, 3.63) is 29.6 Å². The van der Waals surface area contributed by atoms with Gasteiger partial charge in [-0.25, -0.2) is 4.39 Å². The first-order chi connectivity index (χ1) is 8.49. The van der Waals surface area contributed by atoms with Crippen molar-refractivity contribution < 1.29 is 4.39 Å². The maximum absolute atomic E-state index is 14.0. The third-order valence-electron chi connectivity index (χ3n) is 3.08. The molecule has 2 atom stereocenters. The molecule has 0 saturated carbocycles. The van der Waals surface area contributed by atoms with Crippen LogP contribution in [0.15, 0.2) is 18.2 Å². The minimum atomic E-state index is -0.248. The highest BCUT2D eigenvalue weighted by Crippen LogP contribution is 2.23. The smallest absolute Gasteiger partial charge is 0.146 e. The molecule has 0 fully saturated rings. The van der Waals surface area contributed by atoms with Crippen molar-refractivity contribution in [3.8, 4) is 6.07 Å². The molecule has 1 rings (SSSR count). The fourth-order valence-electron chi connectivity index (χ4n) is 1.82. The minimum Gasteiger partial charge on any atom is -0.371 e. The number of nitrogens with one attached hydrogen (secondary N) is 1. The Morgan fingerprint density at radius 2 is 2.11 bits per heavy atom. The van der Waals surface area contributed by atoms with Gasteiger partial charge in [0.15, 0.2) is 0 Å². The Hall–Kier alpha value is -1.60. The van der Waals surface area contributed by atoms with Crippen LogP contribution < -0.4 is 10.2 Å². The lowest BCUT2D eigenvalue weighted by Gasteiger charge is -2.22. The van der Waals surface area contributed by atoms with Crippen LogP contribution >= 0.6 is 0 Å². The summed E-state index contributed by atoms with van der Waals surface area (Å²) in [5.41, 5.74) is 1.45. The Morgan fingerprint density at radius 1 is 1.44 bits per heavy atom. The fourth-order valence-corrected chi connectivity index (χ4v) is 1.82. The first kappa shape index (κ1) is 14.5. The minimum absolute atomic E-state index is 0.120. The van der Waals surface area contributed by atoms with E-state index in [1.165, 1.54) is 0 Å². The molecule has 1 aromatic carbocycles. The molecule has 0 saturated heterocycles. The number of rotatable bonds is 5. The molecule has 2 unspecified atom stereocenters. The van der Waals surface area contributed by atoms with Gasteiger partial charge in [0.25, 0.3) is 0 Å². The second-order valence-corrected chi connectivity index (χ2v) is 4.63. The number of hydrogen-bond acceptors (Lipinski definition) is 3. The van der Waals surface area contributed by atoms with E-state index in [0.29, 0.717) is 12.2 Å². The lowest BCUT2D eigenvalue weighted by atomic mass is 10.1. The maximum Gasteiger partial charge on any atom is 0.146 e. The van der Waals surface area contributed by atoms with Crippen molar-refractivity contribution in [1.29, 1.82) is 5.26 Å². The summed E-state index contributed by atoms with van der Waals surface area (Å²) in [5, 5.41) is 11.8. The van der Waals surface area contributed by atoms with Crippen LogP contribution in [0.5, 0.6) is 0 Å². The molecule has 0 heterocycles. The van der Waals surface area contributed by atoms with E-state index in [0.717, 1.165) is 5.56 Å². The predicted molar refractivity (Wildman–Crippen MR) is 71.9 cm³/mol. The van der Waals surface area contributed by atoms with Gasteiger partial charge in [-0.3, -0.25) is 0 Å². The summed E-state index contributed by atoms with van der Waals surface area (Å²) < 4.78 is 14.0. The van der Waals surface area contributed by atoms with Crippen molar-refractivity contribution in [3.63, 3.8) is 0 Å². The van der Waals surface area contributed by atoms with Gasteiger partial charge < -0.3 is 10.2 Å². The summed E-state index contributed by atoms with van der Waals surface area (Å²) in [6.07, 6.45) is 0. The van der Waals surface area contributed by atoms with Gasteiger partial charge >= 0.3 is 0 Å². The van der Waals surface area contributed by atoms with Crippen LogP contribution in [0.2, 0.25) is 0 Å². The number of anilines is 1. The topological polar surface area (TPSA) is 39.1 Å². The van der Waals surface area contributed by atoms with Gasteiger partial charge in [0, 0.05) is 19.6 Å². The molecular weight excluding hydrogens is 229 g/mol. The molecule has 0 spiro atoms. The summed E-state index contributed by atoms with van der Waals surface area (Å²) in [4.78, 5) is 1.77. The highest BCUT2D eigenvalue weighted by molar-refractivity contribution is 5.49. The van der Waals surface area contributed by atoms with E-state index < -0.39 is 0 Å². The molecule has 0 radical (unpaired) electrons. The maximum atomic E-state index is 14.0. The Morgan fingerprint density at radius 3 is 2.61 bits per heavy atom. The standard InChI is InChI=1S/C14H20FN3/c1-10(8-16)9-18(4)14-6-5-12(7-13(14)15)11(2)17-3/h5-7,10-11,17H,9H2,1-4H3. The lowest BCUT2D eigenvalue weighted by molar-refractivity contribution is 0.600. The molecule has 1 aromatic rings. The van der Waals surface area contributed by atoms with E-state index in [2.05, 4.69) is 11.4 Å². The zero-order valence-corrected chi connectivity index (χ0v) is 11.4. The van der Waals surface area contributed by atoms with E-state index in [4.69, 9.17) is 5.26 Å². The Labute approximate surface area is 108 Å². The van der Waals surface area contributed by atoms with E-state index in [1.807, 2.05) is 27.0 Å². The zero-order valence-electron chi connectivity index (χ0n) is 11.4. The highest BCUT2D eigenvalue weighted by Gasteiger charge is 2.12. The van der Waals surface area contributed by atoms with Crippen LogP contribution in [0.4, 0.5) is 10.1 Å². The van der Waals surface area contributed by atoms with E-state index in [9.17, 15) is 4.39 Å². The summed E-state index contributed by atoms with van der Waals surface area (Å²) in [6.45, 7) is 4.33. The van der Waals surface area contributed by atoms with E-state index >= 15 is 0 Å². The van der Waals surface area contributed by atoms with Crippen LogP contribution in [0.25, 0.3) is 0 Å². The predicted octanol–water partition coefficient (Wildman–Crippen LogP) is 2.70. The second kappa shape index (κ2) is 6.36. The summed E-state index contributed by atoms with van der Waals surface area (Å²) in [5.74, 6) is -0.368. The van der Waals surface area contributed by atoms with Gasteiger partial charge in [-0.2, -0.15) is 5.26 Å². The van der Waals surface area contributed by atoms with Gasteiger partial charge in [0.05, 0.1) is 17.7 Å². The van der Waals surface area contributed by atoms with Crippen LogP contribution in [-0.2, 0) is 0 Å². The molecule has 0 aromatic heterocycles. The van der Waals surface area contributed by atoms with Crippen LogP contribution in [0, 0.1) is 23.1 Å². The van der Waals surface area contributed by atoms with Crippen molar-refractivity contribution in [1.82, 2.24) is 5.32 Å². The van der Waals surface area contributed by atoms with Gasteiger partial charge in [0.2, 0.25) is 0 Å². The normalized spacial score (nSPS) is 13.8. The highest BCUT2D eigenvalue weighted by atomic mass is 19.1. The van der Waals surface area contributed by atoms with Crippen molar-refractivity contribution in [2.45, 2.75) is 19.9 Å². The van der Waals surface area contributed by atoms with E-state index in [-0.39, 0.29) is 17.8 Å². The molecular formula is C14H20FN3. The molecule has 0 bridgehead atoms. The van der Waals surface area contributed by atoms with Crippen LogP contribution in [0.1, 0.15) is 25.5 Å². The third kappa shape index (κ3) is 3.44. The van der Waals surface area contributed by atoms with Gasteiger partial charge in [-0.15, -0.1) is 0 Å². The quantitative estimate of drug-likeness (QED) is 0.872. The molecule has 0 amide bonds. The first-order valence-corrected chi connectivity index (χ1v) is 6.07. The molecule has 4 heteroatoms. The molecule has 3 nitrogen and oxygen atoms in total. The van der Waals surface area contributed by atoms with Crippen molar-refractivity contribution in [2.75, 3.05) is 25.5 Å². The molecule has 0 aliphatic carbocycles. The van der Waals surface area contributed by atoms with Gasteiger partial charge in [-0.05, 0) is 38.6 Å². The molecule has 0 aliphatic heterocycles. The summed E-state index contributed by atoms with van der Waals surface area (Å²) in [7, 11) is 3.64. The number of nitriles is 1. The van der Waals surface area contributed by atoms with E-state index in [1.54, 1.807) is 24.1 Å². The van der Waals surface area contributed by atoms with Crippen LogP contribution in [-0.4, -0.2) is 20.6 Å². The molecule has 1 N–H and O–H groups in total. The Balaban J connectivity index is 2.89. The number of benzene rings is 1. The fraction of sp³-hybridized carbons (Fsp3) is 0.500. The molecule has 98 valence electrons. The first-order valence-electron chi connectivity index (χ1n) is 6.07. The third-order valence-corrected chi connectivity index (χ3v) is 3.08. The largest absolute Gasteiger partial charge is 0.371 e. The Kier molecular flexibility index (Phi) is 5.11. The number of hydrogen-bond donors (Lipinski definition) is 1. The van der Waals surface area contributed by atoms with Crippen molar-refractivity contribution >= 4 is 5.69 Å². The second-order valence-electron chi connectivity index (χ2n) is 4.63. The monoisotopic (exact) mass is 249 g/mol. The van der Waals surface area contributed by atoms with Gasteiger partial charge in [0.1, 0.15) is 5.82 Å². The zero-order chi connectivity index (χ0) is 13.7. The summed E-state index contributed by atoms with van der Waals surface area (Å²) in [6, 6.07) is 7.49.